The van der Waals surface area contributed by atoms with E-state index in [4.69, 9.17) is 16.7 Å². The van der Waals surface area contributed by atoms with E-state index < -0.39 is 17.6 Å². The molecule has 1 N–H and O–H groups in total. The van der Waals surface area contributed by atoms with Crippen LogP contribution in [0.1, 0.15) is 11.1 Å². The molecule has 4 nitrogen and oxygen atoms in total. The Kier molecular flexibility index (Phi) is 5.76. The molecule has 1 heterocycles. The van der Waals surface area contributed by atoms with Gasteiger partial charge in [-0.05, 0) is 23.8 Å². The molecule has 0 radical (unpaired) electrons. The molecule has 3 rings (SSSR count). The topological polar surface area (TPSA) is 57.6 Å². The summed E-state index contributed by atoms with van der Waals surface area (Å²) in [6.45, 7) is -0.276. The molecule has 134 valence electrons. The van der Waals surface area contributed by atoms with Crippen LogP contribution in [-0.4, -0.2) is 34.2 Å². The van der Waals surface area contributed by atoms with Gasteiger partial charge in [-0.15, -0.1) is 11.8 Å². The molecule has 1 aliphatic rings. The van der Waals surface area contributed by atoms with Crippen LogP contribution >= 0.6 is 23.4 Å². The fourth-order valence-corrected chi connectivity index (χ4v) is 3.65. The second-order valence-corrected chi connectivity index (χ2v) is 7.11. The van der Waals surface area contributed by atoms with Crippen molar-refractivity contribution in [1.82, 2.24) is 4.90 Å². The molecule has 7 heteroatoms. The zero-order valence-electron chi connectivity index (χ0n) is 13.6. The summed E-state index contributed by atoms with van der Waals surface area (Å²) in [5.74, 6) is -1.17. The maximum Gasteiger partial charge on any atom is 0.268 e. The zero-order chi connectivity index (χ0) is 18.7. The van der Waals surface area contributed by atoms with E-state index in [-0.39, 0.29) is 34.9 Å². The molecule has 0 saturated carbocycles. The molecule has 0 saturated heterocycles. The second-order valence-electron chi connectivity index (χ2n) is 5.57. The first kappa shape index (κ1) is 18.6. The van der Waals surface area contributed by atoms with Crippen molar-refractivity contribution in [2.24, 2.45) is 0 Å². The third-order valence-electron chi connectivity index (χ3n) is 3.88. The van der Waals surface area contributed by atoms with Crippen LogP contribution in [0.25, 0.3) is 5.57 Å². The van der Waals surface area contributed by atoms with Gasteiger partial charge in [0.1, 0.15) is 5.82 Å². The summed E-state index contributed by atoms with van der Waals surface area (Å²) in [5, 5.41) is 9.60. The quantitative estimate of drug-likeness (QED) is 0.766. The number of halogens is 2. The van der Waals surface area contributed by atoms with Crippen LogP contribution in [0.15, 0.2) is 53.4 Å². The lowest BCUT2D eigenvalue weighted by molar-refractivity contribution is -0.137. The maximum absolute atomic E-state index is 13.9. The van der Waals surface area contributed by atoms with E-state index in [1.165, 1.54) is 12.1 Å². The van der Waals surface area contributed by atoms with Gasteiger partial charge in [0.2, 0.25) is 0 Å². The standard InChI is InChI=1S/C19H15ClFNO3S/c20-14-7-5-12(6-8-14)16-17(26-10-9-23)19(25)22(18(16)24)11-13-3-1-2-4-15(13)21/h1-8,23H,9-11H2. The van der Waals surface area contributed by atoms with Crippen molar-refractivity contribution < 1.29 is 19.1 Å². The van der Waals surface area contributed by atoms with Crippen LogP contribution in [0.4, 0.5) is 4.39 Å². The van der Waals surface area contributed by atoms with Crippen LogP contribution in [0.3, 0.4) is 0 Å². The first-order chi connectivity index (χ1) is 12.5. The number of nitrogens with zero attached hydrogens (tertiary/aromatic N) is 1. The highest BCUT2D eigenvalue weighted by atomic mass is 35.5. The molecule has 0 unspecified atom stereocenters. The SMILES string of the molecule is O=C1C(SCCO)=C(c2ccc(Cl)cc2)C(=O)N1Cc1ccccc1F. The smallest absolute Gasteiger partial charge is 0.268 e. The summed E-state index contributed by atoms with van der Waals surface area (Å²) in [7, 11) is 0. The third-order valence-corrected chi connectivity index (χ3v) is 5.19. The van der Waals surface area contributed by atoms with Gasteiger partial charge in [-0.1, -0.05) is 41.9 Å². The molecule has 2 amide bonds. The average molecular weight is 392 g/mol. The molecule has 0 atom stereocenters. The Hall–Kier alpha value is -2.15. The monoisotopic (exact) mass is 391 g/mol. The molecule has 0 aromatic heterocycles. The van der Waals surface area contributed by atoms with E-state index in [2.05, 4.69) is 0 Å². The van der Waals surface area contributed by atoms with Crippen molar-refractivity contribution in [3.63, 3.8) is 0 Å². The van der Waals surface area contributed by atoms with Crippen LogP contribution in [0.2, 0.25) is 5.02 Å². The predicted molar refractivity (Wildman–Crippen MR) is 99.9 cm³/mol. The molecular formula is C19H15ClFNO3S. The van der Waals surface area contributed by atoms with E-state index in [1.807, 2.05) is 0 Å². The Morgan fingerprint density at radius 2 is 1.73 bits per heavy atom. The number of amides is 2. The number of benzene rings is 2. The molecule has 0 fully saturated rings. The van der Waals surface area contributed by atoms with Gasteiger partial charge in [-0.25, -0.2) is 4.39 Å². The Morgan fingerprint density at radius 3 is 2.38 bits per heavy atom. The lowest BCUT2D eigenvalue weighted by atomic mass is 10.1. The van der Waals surface area contributed by atoms with Crippen molar-refractivity contribution in [2.45, 2.75) is 6.54 Å². The maximum atomic E-state index is 13.9. The van der Waals surface area contributed by atoms with E-state index >= 15 is 0 Å². The third kappa shape index (κ3) is 3.67. The van der Waals surface area contributed by atoms with Gasteiger partial charge >= 0.3 is 0 Å². The summed E-state index contributed by atoms with van der Waals surface area (Å²) in [6, 6.07) is 12.6. The van der Waals surface area contributed by atoms with Crippen molar-refractivity contribution in [1.29, 1.82) is 0 Å². The Labute approximate surface area is 159 Å². The summed E-state index contributed by atoms with van der Waals surface area (Å²) in [4.78, 5) is 27.0. The number of thioether (sulfide) groups is 1. The van der Waals surface area contributed by atoms with Crippen LogP contribution < -0.4 is 0 Å². The fraction of sp³-hybridized carbons (Fsp3) is 0.158. The number of imide groups is 1. The molecule has 26 heavy (non-hydrogen) atoms. The van der Waals surface area contributed by atoms with E-state index in [1.54, 1.807) is 36.4 Å². The molecule has 1 aliphatic heterocycles. The lowest BCUT2D eigenvalue weighted by Gasteiger charge is -2.15. The number of aliphatic hydroxyl groups excluding tert-OH is 1. The summed E-state index contributed by atoms with van der Waals surface area (Å²) >= 11 is 7.01. The number of hydrogen-bond acceptors (Lipinski definition) is 4. The van der Waals surface area contributed by atoms with E-state index in [0.29, 0.717) is 10.6 Å². The van der Waals surface area contributed by atoms with Gasteiger partial charge in [0.25, 0.3) is 11.8 Å². The number of carbonyl (C=O) groups is 2. The number of rotatable bonds is 6. The first-order valence-electron chi connectivity index (χ1n) is 7.86. The molecular weight excluding hydrogens is 377 g/mol. The highest BCUT2D eigenvalue weighted by Crippen LogP contribution is 2.37. The van der Waals surface area contributed by atoms with Crippen molar-refractivity contribution in [3.05, 3.63) is 75.4 Å². The van der Waals surface area contributed by atoms with E-state index in [9.17, 15) is 14.0 Å². The highest BCUT2D eigenvalue weighted by molar-refractivity contribution is 8.04. The van der Waals surface area contributed by atoms with Gasteiger partial charge < -0.3 is 5.11 Å². The molecule has 0 spiro atoms. The van der Waals surface area contributed by atoms with Gasteiger partial charge in [-0.2, -0.15) is 0 Å². The van der Waals surface area contributed by atoms with Crippen LogP contribution in [0.5, 0.6) is 0 Å². The van der Waals surface area contributed by atoms with Crippen molar-refractivity contribution in [2.75, 3.05) is 12.4 Å². The first-order valence-corrected chi connectivity index (χ1v) is 9.22. The fourth-order valence-electron chi connectivity index (χ4n) is 2.65. The summed E-state index contributed by atoms with van der Waals surface area (Å²) < 4.78 is 13.9. The minimum Gasteiger partial charge on any atom is -0.396 e. The van der Waals surface area contributed by atoms with Crippen molar-refractivity contribution >= 4 is 40.8 Å². The summed E-state index contributed by atoms with van der Waals surface area (Å²) in [5.41, 5.74) is 1.07. The number of hydrogen-bond donors (Lipinski definition) is 1. The molecule has 0 aliphatic carbocycles. The number of carbonyl (C=O) groups excluding carboxylic acids is 2. The van der Waals surface area contributed by atoms with Crippen LogP contribution in [-0.2, 0) is 16.1 Å². The minimum atomic E-state index is -0.485. The highest BCUT2D eigenvalue weighted by Gasteiger charge is 2.39. The number of aliphatic hydroxyl groups is 1. The summed E-state index contributed by atoms with van der Waals surface area (Å²) in [6.07, 6.45) is 0. The van der Waals surface area contributed by atoms with Gasteiger partial charge in [-0.3, -0.25) is 14.5 Å². The largest absolute Gasteiger partial charge is 0.396 e. The molecule has 0 bridgehead atoms. The van der Waals surface area contributed by atoms with Gasteiger partial charge in [0, 0.05) is 16.3 Å². The Bertz CT molecular complexity index is 883. The van der Waals surface area contributed by atoms with Gasteiger partial charge in [0.15, 0.2) is 0 Å². The van der Waals surface area contributed by atoms with Gasteiger partial charge in [0.05, 0.1) is 23.6 Å². The van der Waals surface area contributed by atoms with Crippen LogP contribution in [0, 0.1) is 5.82 Å². The zero-order valence-corrected chi connectivity index (χ0v) is 15.2. The molecule has 2 aromatic rings. The van der Waals surface area contributed by atoms with E-state index in [0.717, 1.165) is 16.7 Å². The Balaban J connectivity index is 1.97. The Morgan fingerprint density at radius 1 is 1.04 bits per heavy atom. The normalized spacial score (nSPS) is 14.5. The minimum absolute atomic E-state index is 0.128. The molecule has 2 aromatic carbocycles. The van der Waals surface area contributed by atoms with Crippen molar-refractivity contribution in [3.8, 4) is 0 Å². The lowest BCUT2D eigenvalue weighted by Crippen LogP contribution is -2.31. The average Bonchev–Trinajstić information content (AvgIpc) is 2.86. The second kappa shape index (κ2) is 8.03. The predicted octanol–water partition coefficient (Wildman–Crippen LogP) is 3.48.